The third-order valence-corrected chi connectivity index (χ3v) is 3.79. The van der Waals surface area contributed by atoms with Gasteiger partial charge in [0, 0.05) is 15.6 Å². The van der Waals surface area contributed by atoms with Gasteiger partial charge in [0.15, 0.2) is 0 Å². The largest absolute Gasteiger partial charge is 0.289 e. The second-order valence-electron chi connectivity index (χ2n) is 4.78. The Morgan fingerprint density at radius 1 is 1.00 bits per heavy atom. The fraction of sp³-hybridized carbons (Fsp3) is 0. The number of aromatic nitrogens is 2. The average Bonchev–Trinajstić information content (AvgIpc) is 3.00. The van der Waals surface area contributed by atoms with E-state index in [0.717, 1.165) is 5.56 Å². The molecule has 0 aliphatic rings. The van der Waals surface area contributed by atoms with Crippen molar-refractivity contribution in [3.05, 3.63) is 70.3 Å². The number of hydrogen-bond donors (Lipinski definition) is 2. The molecule has 3 aromatic rings. The van der Waals surface area contributed by atoms with Crippen molar-refractivity contribution in [1.29, 1.82) is 0 Å². The van der Waals surface area contributed by atoms with Gasteiger partial charge in [-0.05, 0) is 42.5 Å². The molecule has 5 nitrogen and oxygen atoms in total. The van der Waals surface area contributed by atoms with Gasteiger partial charge in [0.2, 0.25) is 0 Å². The third-order valence-electron chi connectivity index (χ3n) is 3.28. The molecular formula is C16H12Cl2N4O. The van der Waals surface area contributed by atoms with E-state index in [1.54, 1.807) is 42.5 Å². The normalized spacial score (nSPS) is 10.6. The molecule has 1 heterocycles. The molecule has 7 heteroatoms. The number of benzene rings is 2. The number of nitrogens with two attached hydrogens (primary N) is 1. The van der Waals surface area contributed by atoms with E-state index in [1.807, 2.05) is 12.1 Å². The van der Waals surface area contributed by atoms with Crippen LogP contribution < -0.4 is 11.3 Å². The van der Waals surface area contributed by atoms with Gasteiger partial charge in [-0.1, -0.05) is 35.3 Å². The molecule has 0 fully saturated rings. The van der Waals surface area contributed by atoms with Crippen LogP contribution in [0.1, 0.15) is 10.5 Å². The van der Waals surface area contributed by atoms with Gasteiger partial charge < -0.3 is 0 Å². The molecule has 0 atom stereocenters. The first-order chi connectivity index (χ1) is 11.1. The summed E-state index contributed by atoms with van der Waals surface area (Å²) in [4.78, 5) is 12.0. The Hall–Kier alpha value is -2.34. The van der Waals surface area contributed by atoms with Crippen molar-refractivity contribution in [3.63, 3.8) is 0 Å². The zero-order valence-electron chi connectivity index (χ0n) is 11.8. The Bertz CT molecular complexity index is 842. The Labute approximate surface area is 142 Å². The topological polar surface area (TPSA) is 72.9 Å². The lowest BCUT2D eigenvalue weighted by Crippen LogP contribution is -2.31. The minimum atomic E-state index is -0.437. The van der Waals surface area contributed by atoms with E-state index in [-0.39, 0.29) is 0 Å². The summed E-state index contributed by atoms with van der Waals surface area (Å²) in [5, 5.41) is 5.72. The van der Waals surface area contributed by atoms with E-state index in [1.165, 1.54) is 4.68 Å². The number of nitrogens with zero attached hydrogens (tertiary/aromatic N) is 2. The number of nitrogens with one attached hydrogen (secondary N) is 1. The molecular weight excluding hydrogens is 335 g/mol. The maximum absolute atomic E-state index is 12.0. The minimum Gasteiger partial charge on any atom is -0.289 e. The first-order valence-electron chi connectivity index (χ1n) is 6.71. The summed E-state index contributed by atoms with van der Waals surface area (Å²) in [6.45, 7) is 0. The zero-order chi connectivity index (χ0) is 16.4. The predicted octanol–water partition coefficient (Wildman–Crippen LogP) is 3.45. The van der Waals surface area contributed by atoms with E-state index in [4.69, 9.17) is 29.0 Å². The van der Waals surface area contributed by atoms with Gasteiger partial charge >= 0.3 is 0 Å². The Kier molecular flexibility index (Phi) is 4.34. The maximum atomic E-state index is 12.0. The molecule has 0 aliphatic heterocycles. The minimum absolute atomic E-state index is 0.319. The van der Waals surface area contributed by atoms with Crippen LogP contribution in [0.3, 0.4) is 0 Å². The number of hydrazine groups is 1. The van der Waals surface area contributed by atoms with E-state index in [9.17, 15) is 4.79 Å². The summed E-state index contributed by atoms with van der Waals surface area (Å²) in [5.74, 6) is 4.83. The van der Waals surface area contributed by atoms with Crippen LogP contribution in [0.25, 0.3) is 16.9 Å². The van der Waals surface area contributed by atoms with Crippen molar-refractivity contribution in [2.45, 2.75) is 0 Å². The number of carbonyl (C=O) groups is 1. The fourth-order valence-electron chi connectivity index (χ4n) is 2.16. The Morgan fingerprint density at radius 3 is 2.13 bits per heavy atom. The van der Waals surface area contributed by atoms with Crippen LogP contribution in [-0.2, 0) is 0 Å². The van der Waals surface area contributed by atoms with Crippen LogP contribution in [0.5, 0.6) is 0 Å². The highest BCUT2D eigenvalue weighted by molar-refractivity contribution is 6.30. The number of carbonyl (C=O) groups excluding carboxylic acids is 1. The van der Waals surface area contributed by atoms with Crippen LogP contribution in [0.2, 0.25) is 10.0 Å². The number of nitrogen functional groups attached to an aromatic ring is 1. The molecule has 0 unspecified atom stereocenters. The molecule has 0 bridgehead atoms. The van der Waals surface area contributed by atoms with Crippen molar-refractivity contribution in [2.24, 2.45) is 5.84 Å². The predicted molar refractivity (Wildman–Crippen MR) is 90.7 cm³/mol. The monoisotopic (exact) mass is 346 g/mol. The highest BCUT2D eigenvalue weighted by Gasteiger charge is 2.16. The summed E-state index contributed by atoms with van der Waals surface area (Å²) >= 11 is 11.8. The molecule has 1 amide bonds. The molecule has 1 aromatic heterocycles. The van der Waals surface area contributed by atoms with Gasteiger partial charge in [-0.15, -0.1) is 0 Å². The lowest BCUT2D eigenvalue weighted by Gasteiger charge is -2.06. The van der Waals surface area contributed by atoms with Crippen molar-refractivity contribution in [2.75, 3.05) is 0 Å². The van der Waals surface area contributed by atoms with Gasteiger partial charge in [-0.3, -0.25) is 10.2 Å². The third kappa shape index (κ3) is 3.22. The van der Waals surface area contributed by atoms with Crippen molar-refractivity contribution >= 4 is 29.1 Å². The van der Waals surface area contributed by atoms with Crippen LogP contribution in [0.4, 0.5) is 0 Å². The van der Waals surface area contributed by atoms with Gasteiger partial charge in [-0.2, -0.15) is 5.10 Å². The summed E-state index contributed by atoms with van der Waals surface area (Å²) in [6, 6.07) is 15.9. The SMILES string of the molecule is NNC(=O)c1cc(-c2ccc(Cl)cc2)nn1-c1ccc(Cl)cc1. The Morgan fingerprint density at radius 2 is 1.57 bits per heavy atom. The van der Waals surface area contributed by atoms with E-state index in [2.05, 4.69) is 10.5 Å². The van der Waals surface area contributed by atoms with Crippen molar-refractivity contribution in [3.8, 4) is 16.9 Å². The second-order valence-corrected chi connectivity index (χ2v) is 5.66. The first-order valence-corrected chi connectivity index (χ1v) is 7.47. The molecule has 2 aromatic carbocycles. The second kappa shape index (κ2) is 6.42. The first kappa shape index (κ1) is 15.6. The molecule has 0 saturated carbocycles. The molecule has 3 N–H and O–H groups in total. The smallest absolute Gasteiger partial charge is 0.283 e. The number of halogens is 2. The molecule has 0 saturated heterocycles. The maximum Gasteiger partial charge on any atom is 0.283 e. The lowest BCUT2D eigenvalue weighted by molar-refractivity contribution is 0.0946. The number of hydrogen-bond acceptors (Lipinski definition) is 3. The summed E-state index contributed by atoms with van der Waals surface area (Å²) < 4.78 is 1.52. The fourth-order valence-corrected chi connectivity index (χ4v) is 2.41. The summed E-state index contributed by atoms with van der Waals surface area (Å²) in [6.07, 6.45) is 0. The molecule has 0 spiro atoms. The average molecular weight is 347 g/mol. The number of rotatable bonds is 3. The molecule has 0 aliphatic carbocycles. The van der Waals surface area contributed by atoms with Crippen LogP contribution in [0, 0.1) is 0 Å². The highest BCUT2D eigenvalue weighted by Crippen LogP contribution is 2.24. The lowest BCUT2D eigenvalue weighted by atomic mass is 10.1. The van der Waals surface area contributed by atoms with Gasteiger partial charge in [0.25, 0.3) is 5.91 Å². The van der Waals surface area contributed by atoms with Gasteiger partial charge in [-0.25, -0.2) is 10.5 Å². The van der Waals surface area contributed by atoms with Crippen LogP contribution >= 0.6 is 23.2 Å². The van der Waals surface area contributed by atoms with Crippen LogP contribution in [0.15, 0.2) is 54.6 Å². The summed E-state index contributed by atoms with van der Waals surface area (Å²) in [7, 11) is 0. The summed E-state index contributed by atoms with van der Waals surface area (Å²) in [5.41, 5.74) is 4.63. The molecule has 0 radical (unpaired) electrons. The van der Waals surface area contributed by atoms with Crippen LogP contribution in [-0.4, -0.2) is 15.7 Å². The highest BCUT2D eigenvalue weighted by atomic mass is 35.5. The van der Waals surface area contributed by atoms with Crippen molar-refractivity contribution in [1.82, 2.24) is 15.2 Å². The number of amides is 1. The quantitative estimate of drug-likeness (QED) is 0.433. The van der Waals surface area contributed by atoms with E-state index >= 15 is 0 Å². The Balaban J connectivity index is 2.12. The van der Waals surface area contributed by atoms with Crippen molar-refractivity contribution < 1.29 is 4.79 Å². The van der Waals surface area contributed by atoms with E-state index < -0.39 is 5.91 Å². The molecule has 116 valence electrons. The zero-order valence-corrected chi connectivity index (χ0v) is 13.3. The van der Waals surface area contributed by atoms with Gasteiger partial charge in [0.1, 0.15) is 5.69 Å². The molecule has 23 heavy (non-hydrogen) atoms. The van der Waals surface area contributed by atoms with Gasteiger partial charge in [0.05, 0.1) is 11.4 Å². The standard InChI is InChI=1S/C16H12Cl2N4O/c17-11-3-1-10(2-4-11)14-9-15(16(23)20-19)22(21-14)13-7-5-12(18)6-8-13/h1-9H,19H2,(H,20,23). The van der Waals surface area contributed by atoms with E-state index in [0.29, 0.717) is 27.1 Å². The molecule has 3 rings (SSSR count).